The maximum Gasteiger partial charge on any atom is 0.0726 e. The quantitative estimate of drug-likeness (QED) is 0.767. The van der Waals surface area contributed by atoms with Crippen molar-refractivity contribution in [3.63, 3.8) is 0 Å². The minimum absolute atomic E-state index is 0.235. The average Bonchev–Trinajstić information content (AvgIpc) is 2.15. The maximum atomic E-state index is 5.98. The Morgan fingerprint density at radius 2 is 1.94 bits per heavy atom. The molecule has 1 aromatic carbocycles. The zero-order valence-electron chi connectivity index (χ0n) is 9.61. The second kappa shape index (κ2) is 4.52. The average molecular weight is 241 g/mol. The van der Waals surface area contributed by atoms with Gasteiger partial charge in [-0.2, -0.15) is 0 Å². The molecule has 2 unspecified atom stereocenters. The Bertz CT molecular complexity index is 373. The lowest BCUT2D eigenvalue weighted by Crippen LogP contribution is -2.45. The Morgan fingerprint density at radius 1 is 1.31 bits per heavy atom. The standard InChI is InChI=1S/C12H17ClN2O/c1-8-6-15(7-9(2)16-8)12-4-3-10(13)5-11(12)14/h3-5,8-9H,6-7,14H2,1-2H3. The van der Waals surface area contributed by atoms with Crippen molar-refractivity contribution < 1.29 is 4.74 Å². The van der Waals surface area contributed by atoms with E-state index >= 15 is 0 Å². The minimum Gasteiger partial charge on any atom is -0.397 e. The third-order valence-corrected chi connectivity index (χ3v) is 2.98. The van der Waals surface area contributed by atoms with Gasteiger partial charge in [0.15, 0.2) is 0 Å². The SMILES string of the molecule is CC1CN(c2ccc(Cl)cc2N)CC(C)O1. The zero-order chi connectivity index (χ0) is 11.7. The Hall–Kier alpha value is -0.930. The van der Waals surface area contributed by atoms with Crippen molar-refractivity contribution in [3.05, 3.63) is 23.2 Å². The number of nitrogens with two attached hydrogens (primary N) is 1. The molecule has 16 heavy (non-hydrogen) atoms. The second-order valence-electron chi connectivity index (χ2n) is 4.37. The number of rotatable bonds is 1. The molecular formula is C12H17ClN2O. The van der Waals surface area contributed by atoms with Crippen molar-refractivity contribution >= 4 is 23.0 Å². The number of ether oxygens (including phenoxy) is 1. The Balaban J connectivity index is 2.23. The van der Waals surface area contributed by atoms with Gasteiger partial charge in [0.25, 0.3) is 0 Å². The number of morpholine rings is 1. The van der Waals surface area contributed by atoms with Gasteiger partial charge in [-0.3, -0.25) is 0 Å². The monoisotopic (exact) mass is 240 g/mol. The lowest BCUT2D eigenvalue weighted by atomic mass is 10.2. The first kappa shape index (κ1) is 11.6. The zero-order valence-corrected chi connectivity index (χ0v) is 10.4. The number of nitrogens with zero attached hydrogens (tertiary/aromatic N) is 1. The normalized spacial score (nSPS) is 25.8. The van der Waals surface area contributed by atoms with Gasteiger partial charge in [0, 0.05) is 18.1 Å². The Morgan fingerprint density at radius 3 is 2.50 bits per heavy atom. The Labute approximate surface area is 101 Å². The molecule has 1 aromatic rings. The van der Waals surface area contributed by atoms with Gasteiger partial charge in [-0.15, -0.1) is 0 Å². The number of nitrogen functional groups attached to an aromatic ring is 1. The summed E-state index contributed by atoms with van der Waals surface area (Å²) in [5.74, 6) is 0. The van der Waals surface area contributed by atoms with E-state index < -0.39 is 0 Å². The molecule has 0 radical (unpaired) electrons. The first-order chi connectivity index (χ1) is 7.56. The van der Waals surface area contributed by atoms with Crippen LogP contribution in [0.4, 0.5) is 11.4 Å². The molecule has 88 valence electrons. The third kappa shape index (κ3) is 2.42. The first-order valence-corrected chi connectivity index (χ1v) is 5.89. The van der Waals surface area contributed by atoms with E-state index in [9.17, 15) is 0 Å². The molecule has 2 N–H and O–H groups in total. The number of benzene rings is 1. The van der Waals surface area contributed by atoms with Gasteiger partial charge in [0.2, 0.25) is 0 Å². The van der Waals surface area contributed by atoms with E-state index in [1.165, 1.54) is 0 Å². The summed E-state index contributed by atoms with van der Waals surface area (Å²) in [6.45, 7) is 5.90. The van der Waals surface area contributed by atoms with Gasteiger partial charge in [0.05, 0.1) is 23.6 Å². The van der Waals surface area contributed by atoms with E-state index in [0.29, 0.717) is 5.02 Å². The molecule has 0 aliphatic carbocycles. The molecule has 1 fully saturated rings. The smallest absolute Gasteiger partial charge is 0.0726 e. The summed E-state index contributed by atoms with van der Waals surface area (Å²) in [6.07, 6.45) is 0.470. The molecule has 0 amide bonds. The lowest BCUT2D eigenvalue weighted by Gasteiger charge is -2.37. The van der Waals surface area contributed by atoms with Crippen LogP contribution < -0.4 is 10.6 Å². The van der Waals surface area contributed by atoms with Gasteiger partial charge < -0.3 is 15.4 Å². The molecule has 2 rings (SSSR count). The van der Waals surface area contributed by atoms with Crippen LogP contribution in [-0.4, -0.2) is 25.3 Å². The molecule has 0 aromatic heterocycles. The summed E-state index contributed by atoms with van der Waals surface area (Å²) < 4.78 is 5.69. The largest absolute Gasteiger partial charge is 0.397 e. The molecular weight excluding hydrogens is 224 g/mol. The van der Waals surface area contributed by atoms with E-state index in [4.69, 9.17) is 22.1 Å². The Kier molecular flexibility index (Phi) is 3.26. The molecule has 0 bridgehead atoms. The molecule has 1 aliphatic heterocycles. The maximum absolute atomic E-state index is 5.98. The number of hydrogen-bond acceptors (Lipinski definition) is 3. The van der Waals surface area contributed by atoms with Crippen LogP contribution in [0.15, 0.2) is 18.2 Å². The fourth-order valence-corrected chi connectivity index (χ4v) is 2.37. The van der Waals surface area contributed by atoms with Gasteiger partial charge in [-0.25, -0.2) is 0 Å². The van der Waals surface area contributed by atoms with E-state index in [1.54, 1.807) is 6.07 Å². The van der Waals surface area contributed by atoms with Crippen LogP contribution in [0, 0.1) is 0 Å². The third-order valence-electron chi connectivity index (χ3n) is 2.75. The molecule has 1 saturated heterocycles. The summed E-state index contributed by atoms with van der Waals surface area (Å²) >= 11 is 5.89. The van der Waals surface area contributed by atoms with E-state index in [2.05, 4.69) is 18.7 Å². The van der Waals surface area contributed by atoms with Crippen LogP contribution in [0.25, 0.3) is 0 Å². The molecule has 4 heteroatoms. The highest BCUT2D eigenvalue weighted by Crippen LogP contribution is 2.28. The van der Waals surface area contributed by atoms with Crippen molar-refractivity contribution in [1.29, 1.82) is 0 Å². The molecule has 1 heterocycles. The van der Waals surface area contributed by atoms with Crippen molar-refractivity contribution in [3.8, 4) is 0 Å². The predicted molar refractivity (Wildman–Crippen MR) is 68.1 cm³/mol. The minimum atomic E-state index is 0.235. The molecule has 1 aliphatic rings. The van der Waals surface area contributed by atoms with E-state index in [-0.39, 0.29) is 12.2 Å². The highest BCUT2D eigenvalue weighted by atomic mass is 35.5. The van der Waals surface area contributed by atoms with Gasteiger partial charge in [-0.1, -0.05) is 11.6 Å². The second-order valence-corrected chi connectivity index (χ2v) is 4.80. The molecule has 0 spiro atoms. The topological polar surface area (TPSA) is 38.5 Å². The van der Waals surface area contributed by atoms with Crippen LogP contribution in [0.1, 0.15) is 13.8 Å². The molecule has 2 atom stereocenters. The molecule has 0 saturated carbocycles. The van der Waals surface area contributed by atoms with Crippen LogP contribution in [0.5, 0.6) is 0 Å². The van der Waals surface area contributed by atoms with Crippen LogP contribution in [0.2, 0.25) is 5.02 Å². The van der Waals surface area contributed by atoms with Crippen LogP contribution >= 0.6 is 11.6 Å². The first-order valence-electron chi connectivity index (χ1n) is 5.51. The highest BCUT2D eigenvalue weighted by Gasteiger charge is 2.23. The van der Waals surface area contributed by atoms with Gasteiger partial charge in [0.1, 0.15) is 0 Å². The predicted octanol–water partition coefficient (Wildman–Crippen LogP) is 2.54. The summed E-state index contributed by atoms with van der Waals surface area (Å²) in [5.41, 5.74) is 7.75. The van der Waals surface area contributed by atoms with Crippen molar-refractivity contribution in [1.82, 2.24) is 0 Å². The van der Waals surface area contributed by atoms with E-state index in [0.717, 1.165) is 24.5 Å². The fraction of sp³-hybridized carbons (Fsp3) is 0.500. The summed E-state index contributed by atoms with van der Waals surface area (Å²) in [6, 6.07) is 5.64. The van der Waals surface area contributed by atoms with E-state index in [1.807, 2.05) is 12.1 Å². The molecule has 3 nitrogen and oxygen atoms in total. The summed E-state index contributed by atoms with van der Waals surface area (Å²) in [7, 11) is 0. The summed E-state index contributed by atoms with van der Waals surface area (Å²) in [4.78, 5) is 2.25. The lowest BCUT2D eigenvalue weighted by molar-refractivity contribution is -0.00517. The van der Waals surface area contributed by atoms with Crippen molar-refractivity contribution in [2.24, 2.45) is 0 Å². The van der Waals surface area contributed by atoms with Gasteiger partial charge >= 0.3 is 0 Å². The number of anilines is 2. The fourth-order valence-electron chi connectivity index (χ4n) is 2.19. The van der Waals surface area contributed by atoms with Crippen molar-refractivity contribution in [2.45, 2.75) is 26.1 Å². The highest BCUT2D eigenvalue weighted by molar-refractivity contribution is 6.31. The number of hydrogen-bond donors (Lipinski definition) is 1. The van der Waals surface area contributed by atoms with Crippen LogP contribution in [-0.2, 0) is 4.74 Å². The van der Waals surface area contributed by atoms with Crippen molar-refractivity contribution in [2.75, 3.05) is 23.7 Å². The van der Waals surface area contributed by atoms with Gasteiger partial charge in [-0.05, 0) is 32.0 Å². The van der Waals surface area contributed by atoms with Crippen LogP contribution in [0.3, 0.4) is 0 Å². The number of halogens is 1. The summed E-state index contributed by atoms with van der Waals surface area (Å²) in [5, 5.41) is 0.676.